The summed E-state index contributed by atoms with van der Waals surface area (Å²) in [4.78, 5) is 27.6. The van der Waals surface area contributed by atoms with Crippen molar-refractivity contribution in [3.63, 3.8) is 0 Å². The molecule has 0 saturated heterocycles. The van der Waals surface area contributed by atoms with Gasteiger partial charge in [0.05, 0.1) is 6.54 Å². The summed E-state index contributed by atoms with van der Waals surface area (Å²) in [5, 5.41) is 15.9. The van der Waals surface area contributed by atoms with E-state index >= 15 is 0 Å². The van der Waals surface area contributed by atoms with E-state index in [0.717, 1.165) is 5.56 Å². The number of hydrogen-bond donors (Lipinski definition) is 2. The summed E-state index contributed by atoms with van der Waals surface area (Å²) in [6.07, 6.45) is 3.37. The molecule has 0 fully saturated rings. The molecule has 7 nitrogen and oxygen atoms in total. The van der Waals surface area contributed by atoms with E-state index in [-0.39, 0.29) is 5.92 Å². The van der Waals surface area contributed by atoms with E-state index in [0.29, 0.717) is 18.5 Å². The smallest absolute Gasteiger partial charge is 0.326 e. The molecule has 122 valence electrons. The van der Waals surface area contributed by atoms with Gasteiger partial charge < -0.3 is 10.4 Å². The lowest BCUT2D eigenvalue weighted by Gasteiger charge is -2.17. The molecule has 0 aliphatic carbocycles. The zero-order valence-electron chi connectivity index (χ0n) is 13.1. The highest BCUT2D eigenvalue weighted by Gasteiger charge is 2.22. The van der Waals surface area contributed by atoms with Crippen LogP contribution < -0.4 is 5.32 Å². The van der Waals surface area contributed by atoms with Crippen molar-refractivity contribution in [2.24, 2.45) is 5.92 Å². The minimum absolute atomic E-state index is 0.168. The Morgan fingerprint density at radius 3 is 2.65 bits per heavy atom. The fourth-order valence-corrected chi connectivity index (χ4v) is 2.30. The van der Waals surface area contributed by atoms with E-state index in [1.165, 1.54) is 6.33 Å². The number of aromatic nitrogens is 3. The van der Waals surface area contributed by atoms with Crippen molar-refractivity contribution in [1.29, 1.82) is 0 Å². The van der Waals surface area contributed by atoms with Gasteiger partial charge in [0, 0.05) is 5.56 Å². The van der Waals surface area contributed by atoms with Crippen LogP contribution in [0.3, 0.4) is 0 Å². The second kappa shape index (κ2) is 7.53. The van der Waals surface area contributed by atoms with Gasteiger partial charge in [-0.3, -0.25) is 4.79 Å². The lowest BCUT2D eigenvalue weighted by molar-refractivity contribution is -0.139. The van der Waals surface area contributed by atoms with Crippen LogP contribution in [-0.2, 0) is 11.3 Å². The average Bonchev–Trinajstić information content (AvgIpc) is 2.99. The highest BCUT2D eigenvalue weighted by molar-refractivity contribution is 5.97. The molecule has 2 N–H and O–H groups in total. The number of hydrogen-bond acceptors (Lipinski definition) is 4. The number of nitrogens with zero attached hydrogens (tertiary/aromatic N) is 3. The Labute approximate surface area is 134 Å². The molecule has 2 aromatic rings. The van der Waals surface area contributed by atoms with Crippen LogP contribution in [0.25, 0.3) is 0 Å². The molecule has 7 heteroatoms. The standard InChI is InChI=1S/C16H20N4O3/c1-11(2)7-14(16(22)23)19-15(21)13-6-4-3-5-12(13)8-20-10-17-9-18-20/h3-6,9-11,14H,7-8H2,1-2H3,(H,19,21)(H,22,23)/t14-/m1/s1. The van der Waals surface area contributed by atoms with E-state index in [4.69, 9.17) is 0 Å². The van der Waals surface area contributed by atoms with E-state index in [1.54, 1.807) is 23.1 Å². The molecule has 1 aromatic carbocycles. The van der Waals surface area contributed by atoms with Crippen molar-refractivity contribution >= 4 is 11.9 Å². The molecular formula is C16H20N4O3. The van der Waals surface area contributed by atoms with E-state index in [9.17, 15) is 14.7 Å². The fourth-order valence-electron chi connectivity index (χ4n) is 2.30. The van der Waals surface area contributed by atoms with E-state index < -0.39 is 17.9 Å². The molecule has 1 heterocycles. The maximum atomic E-state index is 12.5. The molecular weight excluding hydrogens is 296 g/mol. The van der Waals surface area contributed by atoms with Crippen molar-refractivity contribution in [1.82, 2.24) is 20.1 Å². The first-order valence-corrected chi connectivity index (χ1v) is 7.41. The van der Waals surface area contributed by atoms with Crippen LogP contribution in [0.1, 0.15) is 36.2 Å². The summed E-state index contributed by atoms with van der Waals surface area (Å²) in [6.45, 7) is 4.23. The first-order chi connectivity index (χ1) is 11.0. The molecule has 0 radical (unpaired) electrons. The topological polar surface area (TPSA) is 97.1 Å². The first kappa shape index (κ1) is 16.7. The number of nitrogens with one attached hydrogen (secondary N) is 1. The van der Waals surface area contributed by atoms with Crippen LogP contribution >= 0.6 is 0 Å². The molecule has 0 saturated carbocycles. The summed E-state index contributed by atoms with van der Waals surface area (Å²) < 4.78 is 1.61. The number of benzene rings is 1. The number of amides is 1. The molecule has 1 amide bonds. The normalized spacial score (nSPS) is 12.1. The third-order valence-electron chi connectivity index (χ3n) is 3.37. The number of carbonyl (C=O) groups excluding carboxylic acids is 1. The Kier molecular flexibility index (Phi) is 5.46. The SMILES string of the molecule is CC(C)C[C@@H](NC(=O)c1ccccc1Cn1cncn1)C(=O)O. The predicted octanol–water partition coefficient (Wildman–Crippen LogP) is 1.56. The third kappa shape index (κ3) is 4.64. The van der Waals surface area contributed by atoms with E-state index in [1.807, 2.05) is 26.0 Å². The van der Waals surface area contributed by atoms with Gasteiger partial charge in [0.2, 0.25) is 0 Å². The highest BCUT2D eigenvalue weighted by atomic mass is 16.4. The maximum absolute atomic E-state index is 12.5. The summed E-state index contributed by atoms with van der Waals surface area (Å²) >= 11 is 0. The van der Waals surface area contributed by atoms with Crippen LogP contribution in [0.2, 0.25) is 0 Å². The Morgan fingerprint density at radius 1 is 1.30 bits per heavy atom. The minimum atomic E-state index is -1.03. The van der Waals surface area contributed by atoms with Gasteiger partial charge in [-0.1, -0.05) is 32.0 Å². The summed E-state index contributed by atoms with van der Waals surface area (Å²) in [5.74, 6) is -1.25. The molecule has 0 aliphatic rings. The molecule has 1 aromatic heterocycles. The highest BCUT2D eigenvalue weighted by Crippen LogP contribution is 2.12. The number of carboxylic acid groups (broad SMARTS) is 1. The minimum Gasteiger partial charge on any atom is -0.480 e. The van der Waals surface area contributed by atoms with Crippen LogP contribution in [0.15, 0.2) is 36.9 Å². The third-order valence-corrected chi connectivity index (χ3v) is 3.37. The second-order valence-corrected chi connectivity index (χ2v) is 5.74. The van der Waals surface area contributed by atoms with Gasteiger partial charge >= 0.3 is 5.97 Å². The number of carboxylic acids is 1. The summed E-state index contributed by atoms with van der Waals surface area (Å²) in [5.41, 5.74) is 1.20. The molecule has 0 aliphatic heterocycles. The van der Waals surface area contributed by atoms with Crippen molar-refractivity contribution in [2.75, 3.05) is 0 Å². The fraction of sp³-hybridized carbons (Fsp3) is 0.375. The second-order valence-electron chi connectivity index (χ2n) is 5.74. The van der Waals surface area contributed by atoms with Gasteiger partial charge in [0.1, 0.15) is 18.7 Å². The number of rotatable bonds is 7. The van der Waals surface area contributed by atoms with Crippen LogP contribution in [-0.4, -0.2) is 37.8 Å². The Hall–Kier alpha value is -2.70. The molecule has 0 bridgehead atoms. The van der Waals surface area contributed by atoms with Gasteiger partial charge in [-0.15, -0.1) is 0 Å². The van der Waals surface area contributed by atoms with E-state index in [2.05, 4.69) is 15.4 Å². The Morgan fingerprint density at radius 2 is 2.04 bits per heavy atom. The number of aliphatic carboxylic acids is 1. The molecule has 1 atom stereocenters. The van der Waals surface area contributed by atoms with Crippen molar-refractivity contribution < 1.29 is 14.7 Å². The zero-order valence-corrected chi connectivity index (χ0v) is 13.1. The van der Waals surface area contributed by atoms with Crippen molar-refractivity contribution in [3.8, 4) is 0 Å². The Bertz CT molecular complexity index is 668. The van der Waals surface area contributed by atoms with Gasteiger partial charge in [0.25, 0.3) is 5.91 Å². The van der Waals surface area contributed by atoms with Gasteiger partial charge in [-0.05, 0) is 24.0 Å². The zero-order chi connectivity index (χ0) is 16.8. The van der Waals surface area contributed by atoms with Crippen molar-refractivity contribution in [2.45, 2.75) is 32.9 Å². The predicted molar refractivity (Wildman–Crippen MR) is 83.9 cm³/mol. The summed E-state index contributed by atoms with van der Waals surface area (Å²) in [6, 6.07) is 6.16. The molecule has 0 unspecified atom stereocenters. The summed E-state index contributed by atoms with van der Waals surface area (Å²) in [7, 11) is 0. The van der Waals surface area contributed by atoms with Gasteiger partial charge in [0.15, 0.2) is 0 Å². The largest absolute Gasteiger partial charge is 0.480 e. The Balaban J connectivity index is 2.17. The molecule has 2 rings (SSSR count). The van der Waals surface area contributed by atoms with Crippen LogP contribution in [0, 0.1) is 5.92 Å². The molecule has 23 heavy (non-hydrogen) atoms. The maximum Gasteiger partial charge on any atom is 0.326 e. The lowest BCUT2D eigenvalue weighted by atomic mass is 10.0. The lowest BCUT2D eigenvalue weighted by Crippen LogP contribution is -2.42. The van der Waals surface area contributed by atoms with Gasteiger partial charge in [-0.2, -0.15) is 5.10 Å². The van der Waals surface area contributed by atoms with Crippen molar-refractivity contribution in [3.05, 3.63) is 48.0 Å². The molecule has 0 spiro atoms. The first-order valence-electron chi connectivity index (χ1n) is 7.41. The number of carbonyl (C=O) groups is 2. The van der Waals surface area contributed by atoms with Crippen LogP contribution in [0.4, 0.5) is 0 Å². The van der Waals surface area contributed by atoms with Gasteiger partial charge in [-0.25, -0.2) is 14.5 Å². The van der Waals surface area contributed by atoms with Crippen LogP contribution in [0.5, 0.6) is 0 Å². The monoisotopic (exact) mass is 316 g/mol. The average molecular weight is 316 g/mol. The quantitative estimate of drug-likeness (QED) is 0.808.